The highest BCUT2D eigenvalue weighted by atomic mass is 32.2. The molecule has 28 heavy (non-hydrogen) atoms. The first-order valence-corrected chi connectivity index (χ1v) is 12.1. The number of nitrogens with zero attached hydrogens (tertiary/aromatic N) is 3. The number of hydrogen-bond donors (Lipinski definition) is 1. The molecule has 2 aliphatic carbocycles. The molecule has 7 heteroatoms. The normalized spacial score (nSPS) is 18.7. The van der Waals surface area contributed by atoms with Crippen molar-refractivity contribution in [2.75, 3.05) is 5.32 Å². The standard InChI is InChI=1S/C21H28N4OS2/c26-21(24-20-23-15-19(28-20)27-18-13-7-8-14-22-18)25(16-9-3-1-4-10-16)17-11-5-2-6-12-17/h7-8,13-17H,1-6,9-12H2,(H,23,24,26). The van der Waals surface area contributed by atoms with Crippen LogP contribution in [0.2, 0.25) is 0 Å². The van der Waals surface area contributed by atoms with E-state index in [9.17, 15) is 4.79 Å². The van der Waals surface area contributed by atoms with E-state index >= 15 is 0 Å². The second kappa shape index (κ2) is 9.74. The van der Waals surface area contributed by atoms with Gasteiger partial charge in [0.05, 0.1) is 10.4 Å². The predicted molar refractivity (Wildman–Crippen MR) is 115 cm³/mol. The van der Waals surface area contributed by atoms with Gasteiger partial charge in [0.25, 0.3) is 0 Å². The van der Waals surface area contributed by atoms with E-state index in [0.717, 1.165) is 34.9 Å². The Morgan fingerprint density at radius 1 is 1.00 bits per heavy atom. The number of rotatable bonds is 5. The molecule has 0 spiro atoms. The summed E-state index contributed by atoms with van der Waals surface area (Å²) in [5, 5.41) is 4.72. The molecule has 5 nitrogen and oxygen atoms in total. The molecule has 0 bridgehead atoms. The molecule has 0 radical (unpaired) electrons. The van der Waals surface area contributed by atoms with Crippen LogP contribution in [0.25, 0.3) is 0 Å². The lowest BCUT2D eigenvalue weighted by Crippen LogP contribution is -2.50. The Labute approximate surface area is 175 Å². The number of urea groups is 1. The summed E-state index contributed by atoms with van der Waals surface area (Å²) in [6, 6.07) is 6.69. The van der Waals surface area contributed by atoms with E-state index in [-0.39, 0.29) is 6.03 Å². The molecule has 1 N–H and O–H groups in total. The zero-order valence-electron chi connectivity index (χ0n) is 16.2. The number of amides is 2. The van der Waals surface area contributed by atoms with Crippen LogP contribution in [0.5, 0.6) is 0 Å². The van der Waals surface area contributed by atoms with Crippen molar-refractivity contribution in [1.29, 1.82) is 0 Å². The smallest absolute Gasteiger partial charge is 0.319 e. The maximum absolute atomic E-state index is 13.2. The molecule has 2 heterocycles. The molecule has 2 amide bonds. The zero-order chi connectivity index (χ0) is 19.2. The Morgan fingerprint density at radius 3 is 2.29 bits per heavy atom. The Balaban J connectivity index is 1.43. The number of thiazole rings is 1. The Bertz CT molecular complexity index is 737. The van der Waals surface area contributed by atoms with Crippen LogP contribution in [-0.4, -0.2) is 33.0 Å². The molecular weight excluding hydrogens is 388 g/mol. The molecule has 150 valence electrons. The molecule has 4 rings (SSSR count). The van der Waals surface area contributed by atoms with Gasteiger partial charge in [-0.15, -0.1) is 0 Å². The first-order valence-electron chi connectivity index (χ1n) is 10.4. The molecule has 2 aliphatic rings. The summed E-state index contributed by atoms with van der Waals surface area (Å²) in [5.74, 6) is 0. The molecule has 2 fully saturated rings. The minimum absolute atomic E-state index is 0.0440. The minimum Gasteiger partial charge on any atom is -0.319 e. The highest BCUT2D eigenvalue weighted by molar-refractivity contribution is 8.01. The second-order valence-electron chi connectivity index (χ2n) is 7.68. The third kappa shape index (κ3) is 5.06. The third-order valence-corrected chi connectivity index (χ3v) is 7.68. The van der Waals surface area contributed by atoms with Gasteiger partial charge in [-0.1, -0.05) is 67.7 Å². The highest BCUT2D eigenvalue weighted by Crippen LogP contribution is 2.34. The van der Waals surface area contributed by atoms with E-state index in [2.05, 4.69) is 20.2 Å². The molecule has 0 saturated heterocycles. The summed E-state index contributed by atoms with van der Waals surface area (Å²) < 4.78 is 1.04. The van der Waals surface area contributed by atoms with Gasteiger partial charge < -0.3 is 4.90 Å². The van der Waals surface area contributed by atoms with Crippen molar-refractivity contribution >= 4 is 34.3 Å². The summed E-state index contributed by atoms with van der Waals surface area (Å²) in [6.45, 7) is 0. The quantitative estimate of drug-likeness (QED) is 0.631. The van der Waals surface area contributed by atoms with Crippen molar-refractivity contribution in [3.63, 3.8) is 0 Å². The van der Waals surface area contributed by atoms with Crippen LogP contribution in [-0.2, 0) is 0 Å². The maximum Gasteiger partial charge on any atom is 0.324 e. The van der Waals surface area contributed by atoms with E-state index < -0.39 is 0 Å². The van der Waals surface area contributed by atoms with Crippen molar-refractivity contribution in [1.82, 2.24) is 14.9 Å². The average molecular weight is 417 g/mol. The van der Waals surface area contributed by atoms with Crippen molar-refractivity contribution < 1.29 is 4.79 Å². The fourth-order valence-electron chi connectivity index (χ4n) is 4.38. The largest absolute Gasteiger partial charge is 0.324 e. The van der Waals surface area contributed by atoms with E-state index in [1.54, 1.807) is 18.0 Å². The van der Waals surface area contributed by atoms with E-state index in [4.69, 9.17) is 0 Å². The number of anilines is 1. The van der Waals surface area contributed by atoms with Crippen LogP contribution in [0.15, 0.2) is 39.8 Å². The molecule has 2 aromatic heterocycles. The first-order chi connectivity index (χ1) is 13.8. The van der Waals surface area contributed by atoms with Crippen molar-refractivity contribution in [2.24, 2.45) is 0 Å². The lowest BCUT2D eigenvalue weighted by molar-refractivity contribution is 0.114. The SMILES string of the molecule is O=C(Nc1ncc(Sc2ccccn2)s1)N(C1CCCCC1)C1CCCCC1. The topological polar surface area (TPSA) is 58.1 Å². The Hall–Kier alpha value is -1.60. The van der Waals surface area contributed by atoms with Gasteiger partial charge in [0.15, 0.2) is 5.13 Å². The van der Waals surface area contributed by atoms with E-state index in [0.29, 0.717) is 17.2 Å². The van der Waals surface area contributed by atoms with Crippen LogP contribution in [0.1, 0.15) is 64.2 Å². The molecule has 2 aromatic rings. The van der Waals surface area contributed by atoms with Gasteiger partial charge in [-0.25, -0.2) is 14.8 Å². The summed E-state index contributed by atoms with van der Waals surface area (Å²) in [4.78, 5) is 24.2. The van der Waals surface area contributed by atoms with Gasteiger partial charge in [0, 0.05) is 18.3 Å². The summed E-state index contributed by atoms with van der Waals surface area (Å²) in [5.41, 5.74) is 0. The van der Waals surface area contributed by atoms with Crippen LogP contribution in [0.3, 0.4) is 0 Å². The number of hydrogen-bond acceptors (Lipinski definition) is 5. The molecular formula is C21H28N4OS2. The number of nitrogens with one attached hydrogen (secondary N) is 1. The lowest BCUT2D eigenvalue weighted by Gasteiger charge is -2.41. The molecule has 0 aromatic carbocycles. The van der Waals surface area contributed by atoms with Crippen molar-refractivity contribution in [3.05, 3.63) is 30.6 Å². The zero-order valence-corrected chi connectivity index (χ0v) is 17.8. The molecule has 0 atom stereocenters. The predicted octanol–water partition coefficient (Wildman–Crippen LogP) is 6.19. The summed E-state index contributed by atoms with van der Waals surface area (Å²) in [6.07, 6.45) is 15.7. The van der Waals surface area contributed by atoms with Gasteiger partial charge in [0.1, 0.15) is 5.03 Å². The number of carbonyl (C=O) groups is 1. The molecule has 0 unspecified atom stereocenters. The monoisotopic (exact) mass is 416 g/mol. The van der Waals surface area contributed by atoms with Gasteiger partial charge in [-0.05, 0) is 37.8 Å². The third-order valence-electron chi connectivity index (χ3n) is 5.71. The van der Waals surface area contributed by atoms with Crippen LogP contribution < -0.4 is 5.32 Å². The maximum atomic E-state index is 13.2. The Morgan fingerprint density at radius 2 is 1.68 bits per heavy atom. The van der Waals surface area contributed by atoms with Gasteiger partial charge >= 0.3 is 6.03 Å². The number of pyridine rings is 1. The average Bonchev–Trinajstić information content (AvgIpc) is 3.17. The van der Waals surface area contributed by atoms with Crippen LogP contribution >= 0.6 is 23.1 Å². The minimum atomic E-state index is 0.0440. The van der Waals surface area contributed by atoms with Gasteiger partial charge in [-0.3, -0.25) is 5.32 Å². The van der Waals surface area contributed by atoms with Gasteiger partial charge in [-0.2, -0.15) is 0 Å². The summed E-state index contributed by atoms with van der Waals surface area (Å²) in [7, 11) is 0. The fraction of sp³-hybridized carbons (Fsp3) is 0.571. The van der Waals surface area contributed by atoms with Crippen molar-refractivity contribution in [2.45, 2.75) is 85.5 Å². The Kier molecular flexibility index (Phi) is 6.86. The fourth-order valence-corrected chi connectivity index (χ4v) is 6.15. The van der Waals surface area contributed by atoms with Crippen LogP contribution in [0, 0.1) is 0 Å². The van der Waals surface area contributed by atoms with E-state index in [1.807, 2.05) is 24.4 Å². The molecule has 2 saturated carbocycles. The number of aromatic nitrogens is 2. The summed E-state index contributed by atoms with van der Waals surface area (Å²) >= 11 is 3.10. The molecule has 0 aliphatic heterocycles. The first kappa shape index (κ1) is 19.7. The van der Waals surface area contributed by atoms with Gasteiger partial charge in [0.2, 0.25) is 0 Å². The highest BCUT2D eigenvalue weighted by Gasteiger charge is 2.32. The van der Waals surface area contributed by atoms with Crippen molar-refractivity contribution in [3.8, 4) is 0 Å². The second-order valence-corrected chi connectivity index (χ2v) is 10.0. The lowest BCUT2D eigenvalue weighted by atomic mass is 9.89. The van der Waals surface area contributed by atoms with Crippen LogP contribution in [0.4, 0.5) is 9.93 Å². The van der Waals surface area contributed by atoms with E-state index in [1.165, 1.54) is 49.9 Å². The number of carbonyl (C=O) groups excluding carboxylic acids is 1.